The van der Waals surface area contributed by atoms with Crippen molar-refractivity contribution in [2.24, 2.45) is 0 Å². The summed E-state index contributed by atoms with van der Waals surface area (Å²) in [4.78, 5) is 30.4. The van der Waals surface area contributed by atoms with E-state index in [9.17, 15) is 9.59 Å². The van der Waals surface area contributed by atoms with Crippen molar-refractivity contribution in [2.45, 2.75) is 44.9 Å². The molecule has 0 radical (unpaired) electrons. The Morgan fingerprint density at radius 3 is 2.73 bits per heavy atom. The van der Waals surface area contributed by atoms with Crippen molar-refractivity contribution in [3.63, 3.8) is 0 Å². The molecule has 2 amide bonds. The van der Waals surface area contributed by atoms with Crippen molar-refractivity contribution in [1.29, 1.82) is 0 Å². The summed E-state index contributed by atoms with van der Waals surface area (Å²) in [6, 6.07) is 0.107. The van der Waals surface area contributed by atoms with E-state index in [4.69, 9.17) is 0 Å². The molecule has 1 aromatic heterocycles. The summed E-state index contributed by atoms with van der Waals surface area (Å²) >= 11 is 0. The first-order valence-electron chi connectivity index (χ1n) is 7.72. The Bertz CT molecular complexity index is 637. The molecule has 22 heavy (non-hydrogen) atoms. The average Bonchev–Trinajstić information content (AvgIpc) is 3.17. The van der Waals surface area contributed by atoms with Crippen LogP contribution in [0.1, 0.15) is 24.5 Å². The number of rotatable bonds is 2. The maximum Gasteiger partial charge on any atom is 0.243 e. The van der Waals surface area contributed by atoms with Gasteiger partial charge in [-0.15, -0.1) is 10.2 Å². The Kier molecular flexibility index (Phi) is 2.97. The molecular formula is C14H20N6O2. The van der Waals surface area contributed by atoms with E-state index in [0.29, 0.717) is 25.8 Å². The molecule has 0 aromatic carbocycles. The van der Waals surface area contributed by atoms with Crippen LogP contribution >= 0.6 is 0 Å². The third-order valence-corrected chi connectivity index (χ3v) is 4.84. The molecule has 1 aliphatic carbocycles. The van der Waals surface area contributed by atoms with E-state index in [1.807, 2.05) is 28.3 Å². The largest absolute Gasteiger partial charge is 0.320 e. The molecule has 2 fully saturated rings. The predicted octanol–water partition coefficient (Wildman–Crippen LogP) is -0.809. The number of carbonyl (C=O) groups excluding carboxylic acids is 2. The van der Waals surface area contributed by atoms with E-state index < -0.39 is 0 Å². The second-order valence-electron chi connectivity index (χ2n) is 6.48. The van der Waals surface area contributed by atoms with Crippen LogP contribution in [-0.2, 0) is 22.7 Å². The molecule has 1 atom stereocenters. The highest BCUT2D eigenvalue weighted by Crippen LogP contribution is 2.30. The van der Waals surface area contributed by atoms with Gasteiger partial charge in [0.05, 0.1) is 19.8 Å². The molecule has 0 spiro atoms. The minimum absolute atomic E-state index is 0.0257. The van der Waals surface area contributed by atoms with Gasteiger partial charge in [0.1, 0.15) is 24.2 Å². The van der Waals surface area contributed by atoms with E-state index in [-0.39, 0.29) is 24.4 Å². The van der Waals surface area contributed by atoms with Gasteiger partial charge in [-0.1, -0.05) is 0 Å². The minimum atomic E-state index is -0.255. The van der Waals surface area contributed by atoms with Gasteiger partial charge >= 0.3 is 0 Å². The number of aromatic nitrogens is 3. The lowest BCUT2D eigenvalue weighted by atomic mass is 10.1. The summed E-state index contributed by atoms with van der Waals surface area (Å²) in [6.45, 7) is 3.72. The topological polar surface area (TPSA) is 74.6 Å². The SMILES string of the molecule is Cc1nnc2n1CC(C(=O)N1CC(=O)N(C3CC3)C1)N(C)C2. The summed E-state index contributed by atoms with van der Waals surface area (Å²) in [5.41, 5.74) is 0. The van der Waals surface area contributed by atoms with Crippen LogP contribution in [0.15, 0.2) is 0 Å². The van der Waals surface area contributed by atoms with E-state index in [0.717, 1.165) is 24.5 Å². The Balaban J connectivity index is 1.51. The highest BCUT2D eigenvalue weighted by molar-refractivity contribution is 5.90. The van der Waals surface area contributed by atoms with Crippen LogP contribution in [-0.4, -0.2) is 73.6 Å². The third kappa shape index (κ3) is 2.09. The van der Waals surface area contributed by atoms with Crippen LogP contribution in [0.3, 0.4) is 0 Å². The summed E-state index contributed by atoms with van der Waals surface area (Å²) in [5, 5.41) is 8.22. The molecule has 3 aliphatic rings. The number of fused-ring (bicyclic) bond motifs is 1. The number of aryl methyl sites for hydroxylation is 1. The molecule has 0 N–H and O–H groups in total. The van der Waals surface area contributed by atoms with Crippen molar-refractivity contribution in [2.75, 3.05) is 20.3 Å². The normalized spacial score (nSPS) is 25.7. The maximum absolute atomic E-state index is 12.8. The first-order valence-corrected chi connectivity index (χ1v) is 7.72. The molecule has 1 unspecified atom stereocenters. The maximum atomic E-state index is 12.8. The van der Waals surface area contributed by atoms with E-state index in [1.165, 1.54) is 0 Å². The monoisotopic (exact) mass is 304 g/mol. The Morgan fingerprint density at radius 1 is 1.23 bits per heavy atom. The second-order valence-corrected chi connectivity index (χ2v) is 6.48. The molecule has 8 heteroatoms. The quantitative estimate of drug-likeness (QED) is 0.714. The average molecular weight is 304 g/mol. The number of likely N-dealkylation sites (N-methyl/N-ethyl adjacent to an activating group) is 1. The van der Waals surface area contributed by atoms with Crippen LogP contribution in [0, 0.1) is 6.92 Å². The number of hydrogen-bond acceptors (Lipinski definition) is 5. The fourth-order valence-corrected chi connectivity index (χ4v) is 3.32. The summed E-state index contributed by atoms with van der Waals surface area (Å²) < 4.78 is 2.00. The van der Waals surface area contributed by atoms with Gasteiger partial charge in [0, 0.05) is 6.04 Å². The van der Waals surface area contributed by atoms with Gasteiger partial charge in [0.25, 0.3) is 0 Å². The Labute approximate surface area is 128 Å². The summed E-state index contributed by atoms with van der Waals surface area (Å²) in [6.07, 6.45) is 2.14. The first-order chi connectivity index (χ1) is 10.5. The van der Waals surface area contributed by atoms with Gasteiger partial charge in [0.2, 0.25) is 11.8 Å². The van der Waals surface area contributed by atoms with Crippen LogP contribution in [0.4, 0.5) is 0 Å². The molecular weight excluding hydrogens is 284 g/mol. The molecule has 1 saturated carbocycles. The number of nitrogens with zero attached hydrogens (tertiary/aromatic N) is 6. The molecule has 2 aliphatic heterocycles. The summed E-state index contributed by atoms with van der Waals surface area (Å²) in [5.74, 6) is 1.83. The van der Waals surface area contributed by atoms with Crippen LogP contribution in [0.5, 0.6) is 0 Å². The standard InChI is InChI=1S/C14H20N6O2/c1-9-15-16-12-6-17(2)11(5-19(9)12)14(22)18-7-13(21)20(8-18)10-3-4-10/h10-11H,3-8H2,1-2H3. The first kappa shape index (κ1) is 13.7. The van der Waals surface area contributed by atoms with Crippen molar-refractivity contribution < 1.29 is 9.59 Å². The third-order valence-electron chi connectivity index (χ3n) is 4.84. The fraction of sp³-hybridized carbons (Fsp3) is 0.714. The molecule has 8 nitrogen and oxygen atoms in total. The minimum Gasteiger partial charge on any atom is -0.320 e. The molecule has 1 aromatic rings. The lowest BCUT2D eigenvalue weighted by molar-refractivity contribution is -0.138. The van der Waals surface area contributed by atoms with Crippen LogP contribution in [0.25, 0.3) is 0 Å². The highest BCUT2D eigenvalue weighted by atomic mass is 16.2. The number of amides is 2. The number of hydrogen-bond donors (Lipinski definition) is 0. The molecule has 3 heterocycles. The smallest absolute Gasteiger partial charge is 0.243 e. The predicted molar refractivity (Wildman–Crippen MR) is 76.5 cm³/mol. The zero-order chi connectivity index (χ0) is 15.4. The van der Waals surface area contributed by atoms with Gasteiger partial charge in [-0.05, 0) is 26.8 Å². The molecule has 118 valence electrons. The fourth-order valence-electron chi connectivity index (χ4n) is 3.32. The van der Waals surface area contributed by atoms with Crippen molar-refractivity contribution >= 4 is 11.8 Å². The molecule has 1 saturated heterocycles. The van der Waals surface area contributed by atoms with Gasteiger partial charge in [-0.25, -0.2) is 0 Å². The Hall–Kier alpha value is -1.96. The second kappa shape index (κ2) is 4.77. The lowest BCUT2D eigenvalue weighted by Gasteiger charge is -2.34. The van der Waals surface area contributed by atoms with E-state index >= 15 is 0 Å². The van der Waals surface area contributed by atoms with Gasteiger partial charge in [0.15, 0.2) is 0 Å². The molecule has 4 rings (SSSR count). The van der Waals surface area contributed by atoms with Gasteiger partial charge in [-0.2, -0.15) is 0 Å². The zero-order valence-electron chi connectivity index (χ0n) is 12.9. The van der Waals surface area contributed by atoms with Gasteiger partial charge in [-0.3, -0.25) is 14.5 Å². The van der Waals surface area contributed by atoms with Crippen LogP contribution < -0.4 is 0 Å². The van der Waals surface area contributed by atoms with E-state index in [1.54, 1.807) is 4.90 Å². The highest BCUT2D eigenvalue weighted by Gasteiger charge is 2.42. The van der Waals surface area contributed by atoms with Crippen molar-refractivity contribution in [3.05, 3.63) is 11.6 Å². The Morgan fingerprint density at radius 2 is 2.00 bits per heavy atom. The van der Waals surface area contributed by atoms with Gasteiger partial charge < -0.3 is 14.4 Å². The number of carbonyl (C=O) groups is 2. The molecule has 0 bridgehead atoms. The van der Waals surface area contributed by atoms with Crippen molar-refractivity contribution in [3.8, 4) is 0 Å². The van der Waals surface area contributed by atoms with Crippen LogP contribution in [0.2, 0.25) is 0 Å². The zero-order valence-corrected chi connectivity index (χ0v) is 12.9. The summed E-state index contributed by atoms with van der Waals surface area (Å²) in [7, 11) is 1.92. The lowest BCUT2D eigenvalue weighted by Crippen LogP contribution is -2.51. The van der Waals surface area contributed by atoms with E-state index in [2.05, 4.69) is 10.2 Å². The van der Waals surface area contributed by atoms with Crippen molar-refractivity contribution in [1.82, 2.24) is 29.5 Å².